The Bertz CT molecular complexity index is 114. The first-order chi connectivity index (χ1) is 5.88. The van der Waals surface area contributed by atoms with Gasteiger partial charge in [0.1, 0.15) is 0 Å². The third kappa shape index (κ3) is 2.76. The fourth-order valence-corrected chi connectivity index (χ4v) is 2.23. The molecule has 12 heavy (non-hydrogen) atoms. The van der Waals surface area contributed by atoms with Crippen molar-refractivity contribution >= 4 is 0 Å². The number of nitrogens with one attached hydrogen (secondary N) is 1. The summed E-state index contributed by atoms with van der Waals surface area (Å²) >= 11 is 0. The highest BCUT2D eigenvalue weighted by molar-refractivity contribution is 4.75. The van der Waals surface area contributed by atoms with Gasteiger partial charge in [-0.05, 0) is 44.3 Å². The van der Waals surface area contributed by atoms with Crippen molar-refractivity contribution in [3.8, 4) is 0 Å². The van der Waals surface area contributed by atoms with Crippen molar-refractivity contribution in [2.45, 2.75) is 32.6 Å². The van der Waals surface area contributed by atoms with Crippen molar-refractivity contribution < 1.29 is 0 Å². The van der Waals surface area contributed by atoms with Crippen LogP contribution in [0.2, 0.25) is 0 Å². The summed E-state index contributed by atoms with van der Waals surface area (Å²) in [5.74, 6) is 1.66. The Labute approximate surface area is 75.9 Å². The van der Waals surface area contributed by atoms with Crippen LogP contribution < -0.4 is 11.1 Å². The lowest BCUT2D eigenvalue weighted by molar-refractivity contribution is 0.307. The van der Waals surface area contributed by atoms with Gasteiger partial charge in [-0.3, -0.25) is 0 Å². The van der Waals surface area contributed by atoms with Crippen LogP contribution in [0.4, 0.5) is 0 Å². The van der Waals surface area contributed by atoms with E-state index in [4.69, 9.17) is 5.73 Å². The molecule has 2 nitrogen and oxygen atoms in total. The Morgan fingerprint density at radius 2 is 1.92 bits per heavy atom. The van der Waals surface area contributed by atoms with Gasteiger partial charge in [0.15, 0.2) is 0 Å². The molecule has 72 valence electrons. The van der Waals surface area contributed by atoms with Crippen molar-refractivity contribution in [3.05, 3.63) is 0 Å². The molecule has 2 unspecified atom stereocenters. The molecule has 0 aromatic carbocycles. The molecule has 1 fully saturated rings. The van der Waals surface area contributed by atoms with Gasteiger partial charge in [0.25, 0.3) is 0 Å². The van der Waals surface area contributed by atoms with E-state index in [1.165, 1.54) is 38.8 Å². The highest BCUT2D eigenvalue weighted by Gasteiger charge is 2.20. The summed E-state index contributed by atoms with van der Waals surface area (Å²) < 4.78 is 0. The van der Waals surface area contributed by atoms with Gasteiger partial charge >= 0.3 is 0 Å². The predicted molar refractivity (Wildman–Crippen MR) is 53.0 cm³/mol. The van der Waals surface area contributed by atoms with Crippen LogP contribution in [0.1, 0.15) is 32.6 Å². The number of rotatable bonds is 3. The maximum atomic E-state index is 5.77. The molecule has 3 N–H and O–H groups in total. The van der Waals surface area contributed by atoms with Gasteiger partial charge in [0.2, 0.25) is 0 Å². The van der Waals surface area contributed by atoms with Gasteiger partial charge in [-0.1, -0.05) is 19.8 Å². The molecule has 0 aromatic heterocycles. The lowest BCUT2D eigenvalue weighted by Gasteiger charge is -2.22. The van der Waals surface area contributed by atoms with E-state index in [-0.39, 0.29) is 0 Å². The zero-order chi connectivity index (χ0) is 8.81. The molecule has 2 heteroatoms. The van der Waals surface area contributed by atoms with E-state index in [0.717, 1.165) is 18.4 Å². The monoisotopic (exact) mass is 170 g/mol. The van der Waals surface area contributed by atoms with E-state index in [0.29, 0.717) is 0 Å². The smallest absolute Gasteiger partial charge is 0.00457 e. The van der Waals surface area contributed by atoms with E-state index in [1.807, 2.05) is 0 Å². The van der Waals surface area contributed by atoms with Crippen molar-refractivity contribution in [1.82, 2.24) is 5.32 Å². The van der Waals surface area contributed by atoms with Gasteiger partial charge in [0, 0.05) is 0 Å². The molecule has 0 aromatic rings. The molecule has 0 saturated carbocycles. The van der Waals surface area contributed by atoms with Gasteiger partial charge in [-0.25, -0.2) is 0 Å². The Morgan fingerprint density at radius 1 is 1.25 bits per heavy atom. The fourth-order valence-electron chi connectivity index (χ4n) is 2.23. The molecule has 1 heterocycles. The molecule has 0 amide bonds. The number of nitrogens with two attached hydrogens (primary N) is 1. The standard InChI is InChI=1S/C10H22N2/c1-2-3-9-4-6-12-7-5-10(9)8-11/h9-10,12H,2-8,11H2,1H3. The largest absolute Gasteiger partial charge is 0.330 e. The van der Waals surface area contributed by atoms with Crippen LogP contribution in [0, 0.1) is 11.8 Å². The summed E-state index contributed by atoms with van der Waals surface area (Å²) in [4.78, 5) is 0. The SMILES string of the molecule is CCCC1CCNCCC1CN. The van der Waals surface area contributed by atoms with Crippen LogP contribution >= 0.6 is 0 Å². The lowest BCUT2D eigenvalue weighted by atomic mass is 9.85. The normalized spacial score (nSPS) is 31.5. The van der Waals surface area contributed by atoms with Crippen LogP contribution in [0.3, 0.4) is 0 Å². The quantitative estimate of drug-likeness (QED) is 0.671. The van der Waals surface area contributed by atoms with Gasteiger partial charge in [-0.15, -0.1) is 0 Å². The van der Waals surface area contributed by atoms with Crippen LogP contribution in [0.5, 0.6) is 0 Å². The Kier molecular flexibility index (Phi) is 4.62. The second-order valence-electron chi connectivity index (χ2n) is 3.87. The fraction of sp³-hybridized carbons (Fsp3) is 1.00. The molecule has 1 aliphatic heterocycles. The average Bonchev–Trinajstić information content (AvgIpc) is 2.30. The van der Waals surface area contributed by atoms with Crippen molar-refractivity contribution in [2.75, 3.05) is 19.6 Å². The highest BCUT2D eigenvalue weighted by Crippen LogP contribution is 2.24. The maximum Gasteiger partial charge on any atom is -0.00457 e. The topological polar surface area (TPSA) is 38.0 Å². The van der Waals surface area contributed by atoms with Crippen LogP contribution in [-0.4, -0.2) is 19.6 Å². The molecule has 0 bridgehead atoms. The number of hydrogen-bond acceptors (Lipinski definition) is 2. The Balaban J connectivity index is 2.39. The van der Waals surface area contributed by atoms with Gasteiger partial charge in [0.05, 0.1) is 0 Å². The zero-order valence-corrected chi connectivity index (χ0v) is 8.18. The van der Waals surface area contributed by atoms with Gasteiger partial charge in [-0.2, -0.15) is 0 Å². The first kappa shape index (κ1) is 10.0. The molecular formula is C10H22N2. The second kappa shape index (κ2) is 5.55. The second-order valence-corrected chi connectivity index (χ2v) is 3.87. The molecule has 2 atom stereocenters. The Morgan fingerprint density at radius 3 is 2.50 bits per heavy atom. The van der Waals surface area contributed by atoms with Crippen LogP contribution in [-0.2, 0) is 0 Å². The average molecular weight is 170 g/mol. The van der Waals surface area contributed by atoms with Crippen molar-refractivity contribution in [1.29, 1.82) is 0 Å². The van der Waals surface area contributed by atoms with Crippen molar-refractivity contribution in [2.24, 2.45) is 17.6 Å². The first-order valence-corrected chi connectivity index (χ1v) is 5.29. The maximum absolute atomic E-state index is 5.77. The highest BCUT2D eigenvalue weighted by atomic mass is 14.9. The minimum atomic E-state index is 0.778. The predicted octanol–water partition coefficient (Wildman–Crippen LogP) is 1.36. The summed E-state index contributed by atoms with van der Waals surface area (Å²) in [7, 11) is 0. The molecule has 0 radical (unpaired) electrons. The lowest BCUT2D eigenvalue weighted by Crippen LogP contribution is -2.23. The third-order valence-electron chi connectivity index (χ3n) is 3.01. The molecule has 1 aliphatic rings. The molecule has 0 aliphatic carbocycles. The Hall–Kier alpha value is -0.0800. The third-order valence-corrected chi connectivity index (χ3v) is 3.01. The van der Waals surface area contributed by atoms with Gasteiger partial charge < -0.3 is 11.1 Å². The molecule has 0 spiro atoms. The van der Waals surface area contributed by atoms with Crippen LogP contribution in [0.15, 0.2) is 0 Å². The van der Waals surface area contributed by atoms with Crippen molar-refractivity contribution in [3.63, 3.8) is 0 Å². The summed E-state index contributed by atoms with van der Waals surface area (Å²) in [6, 6.07) is 0. The number of hydrogen-bond donors (Lipinski definition) is 2. The minimum absolute atomic E-state index is 0.778. The molecule has 1 rings (SSSR count). The van der Waals surface area contributed by atoms with E-state index < -0.39 is 0 Å². The summed E-state index contributed by atoms with van der Waals surface area (Å²) in [5.41, 5.74) is 5.77. The van der Waals surface area contributed by atoms with E-state index in [2.05, 4.69) is 12.2 Å². The van der Waals surface area contributed by atoms with Crippen LogP contribution in [0.25, 0.3) is 0 Å². The zero-order valence-electron chi connectivity index (χ0n) is 8.18. The molecular weight excluding hydrogens is 148 g/mol. The minimum Gasteiger partial charge on any atom is -0.330 e. The summed E-state index contributed by atoms with van der Waals surface area (Å²) in [6.45, 7) is 5.52. The first-order valence-electron chi connectivity index (χ1n) is 5.29. The van der Waals surface area contributed by atoms with E-state index in [1.54, 1.807) is 0 Å². The summed E-state index contributed by atoms with van der Waals surface area (Å²) in [5, 5.41) is 3.44. The van der Waals surface area contributed by atoms with E-state index in [9.17, 15) is 0 Å². The van der Waals surface area contributed by atoms with E-state index >= 15 is 0 Å². The summed E-state index contributed by atoms with van der Waals surface area (Å²) in [6.07, 6.45) is 5.28. The molecule has 1 saturated heterocycles.